The zero-order chi connectivity index (χ0) is 9.05. The number of alkyl halides is 2. The molecule has 3 rings (SSSR count). The van der Waals surface area contributed by atoms with Crippen LogP contribution in [0.2, 0.25) is 0 Å². The maximum absolute atomic E-state index is 6.04. The van der Waals surface area contributed by atoms with Gasteiger partial charge in [-0.2, -0.15) is 0 Å². The van der Waals surface area contributed by atoms with E-state index >= 15 is 0 Å². The molecule has 1 saturated carbocycles. The summed E-state index contributed by atoms with van der Waals surface area (Å²) in [5.41, 5.74) is 1.21. The van der Waals surface area contributed by atoms with Gasteiger partial charge < -0.3 is 4.74 Å². The topological polar surface area (TPSA) is 9.23 Å². The fourth-order valence-electron chi connectivity index (χ4n) is 1.92. The quantitative estimate of drug-likeness (QED) is 0.604. The molecule has 0 bridgehead atoms. The molecule has 1 nitrogen and oxygen atoms in total. The zero-order valence-electron chi connectivity index (χ0n) is 6.84. The van der Waals surface area contributed by atoms with Gasteiger partial charge in [-0.25, -0.2) is 0 Å². The first-order valence-electron chi connectivity index (χ1n) is 4.32. The van der Waals surface area contributed by atoms with Crippen molar-refractivity contribution < 1.29 is 4.74 Å². The third kappa shape index (κ3) is 1.01. The van der Waals surface area contributed by atoms with Crippen molar-refractivity contribution in [2.24, 2.45) is 5.92 Å². The van der Waals surface area contributed by atoms with Gasteiger partial charge in [0.1, 0.15) is 11.9 Å². The Labute approximate surface area is 86.6 Å². The second-order valence-corrected chi connectivity index (χ2v) is 5.08. The minimum Gasteiger partial charge on any atom is -0.487 e. The first kappa shape index (κ1) is 7.95. The fourth-order valence-corrected chi connectivity index (χ4v) is 2.57. The number of hydrogen-bond donors (Lipinski definition) is 0. The number of fused-ring (bicyclic) bond motifs is 2. The molecule has 2 aliphatic rings. The van der Waals surface area contributed by atoms with Crippen molar-refractivity contribution in [2.45, 2.75) is 16.9 Å². The van der Waals surface area contributed by atoms with Crippen molar-refractivity contribution >= 4 is 23.2 Å². The van der Waals surface area contributed by atoms with Gasteiger partial charge in [0.2, 0.25) is 0 Å². The van der Waals surface area contributed by atoms with Gasteiger partial charge in [-0.15, -0.1) is 0 Å². The van der Waals surface area contributed by atoms with E-state index in [0.717, 1.165) is 12.2 Å². The molecule has 0 N–H and O–H groups in total. The molecule has 1 fully saturated rings. The van der Waals surface area contributed by atoms with E-state index in [1.807, 2.05) is 18.2 Å². The Bertz CT molecular complexity index is 329. The van der Waals surface area contributed by atoms with Crippen molar-refractivity contribution in [3.63, 3.8) is 0 Å². The van der Waals surface area contributed by atoms with E-state index < -0.39 is 4.33 Å². The third-order valence-corrected chi connectivity index (χ3v) is 3.79. The Morgan fingerprint density at radius 1 is 1.31 bits per heavy atom. The lowest BCUT2D eigenvalue weighted by Gasteiger charge is -2.14. The second-order valence-electron chi connectivity index (χ2n) is 3.63. The number of rotatable bonds is 0. The monoisotopic (exact) mass is 214 g/mol. The van der Waals surface area contributed by atoms with Crippen molar-refractivity contribution in [1.29, 1.82) is 0 Å². The lowest BCUT2D eigenvalue weighted by molar-refractivity contribution is 0.264. The van der Waals surface area contributed by atoms with Crippen LogP contribution in [0.1, 0.15) is 5.56 Å². The standard InChI is InChI=1S/C10H8Cl2O/c11-10(12)7-5-6-3-1-2-4-8(6)13-9(7)10/h1-4,7,9H,5H2. The molecule has 1 aliphatic heterocycles. The SMILES string of the molecule is ClC1(Cl)C2Cc3ccccc3OC21. The van der Waals surface area contributed by atoms with Crippen LogP contribution in [0.15, 0.2) is 24.3 Å². The summed E-state index contributed by atoms with van der Waals surface area (Å²) in [6, 6.07) is 8.00. The Balaban J connectivity index is 1.99. The van der Waals surface area contributed by atoms with Crippen LogP contribution in [0.4, 0.5) is 0 Å². The Morgan fingerprint density at radius 2 is 2.08 bits per heavy atom. The van der Waals surface area contributed by atoms with Crippen LogP contribution in [0.5, 0.6) is 5.75 Å². The molecular weight excluding hydrogens is 207 g/mol. The summed E-state index contributed by atoms with van der Waals surface area (Å²) < 4.78 is 5.00. The number of benzene rings is 1. The van der Waals surface area contributed by atoms with Crippen LogP contribution in [0.25, 0.3) is 0 Å². The molecule has 1 aliphatic carbocycles. The molecule has 0 amide bonds. The maximum Gasteiger partial charge on any atom is 0.161 e. The lowest BCUT2D eigenvalue weighted by Crippen LogP contribution is -2.10. The van der Waals surface area contributed by atoms with Gasteiger partial charge >= 0.3 is 0 Å². The smallest absolute Gasteiger partial charge is 0.161 e. The Kier molecular flexibility index (Phi) is 1.43. The predicted octanol–water partition coefficient (Wildman–Crippen LogP) is 2.79. The fraction of sp³-hybridized carbons (Fsp3) is 0.400. The second kappa shape index (κ2) is 2.34. The zero-order valence-corrected chi connectivity index (χ0v) is 8.35. The molecule has 1 aromatic carbocycles. The highest BCUT2D eigenvalue weighted by molar-refractivity contribution is 6.51. The third-order valence-electron chi connectivity index (χ3n) is 2.80. The van der Waals surface area contributed by atoms with E-state index in [1.54, 1.807) is 0 Å². The summed E-state index contributed by atoms with van der Waals surface area (Å²) in [6.07, 6.45) is 0.944. The van der Waals surface area contributed by atoms with Crippen molar-refractivity contribution in [2.75, 3.05) is 0 Å². The molecule has 13 heavy (non-hydrogen) atoms. The van der Waals surface area contributed by atoms with E-state index in [1.165, 1.54) is 5.56 Å². The number of ether oxygens (including phenoxy) is 1. The van der Waals surface area contributed by atoms with Gasteiger partial charge in [0.05, 0.1) is 0 Å². The summed E-state index contributed by atoms with van der Waals surface area (Å²) in [5.74, 6) is 1.22. The minimum absolute atomic E-state index is 0.00531. The normalized spacial score (nSPS) is 32.8. The van der Waals surface area contributed by atoms with E-state index in [-0.39, 0.29) is 12.0 Å². The Morgan fingerprint density at radius 3 is 2.92 bits per heavy atom. The molecule has 0 radical (unpaired) electrons. The molecule has 0 aromatic heterocycles. The predicted molar refractivity (Wildman–Crippen MR) is 52.5 cm³/mol. The number of halogens is 2. The van der Waals surface area contributed by atoms with Crippen molar-refractivity contribution in [3.8, 4) is 5.75 Å². The van der Waals surface area contributed by atoms with Gasteiger partial charge in [-0.1, -0.05) is 41.4 Å². The van der Waals surface area contributed by atoms with Crippen LogP contribution in [-0.2, 0) is 6.42 Å². The average Bonchev–Trinajstić information content (AvgIpc) is 2.66. The van der Waals surface area contributed by atoms with Gasteiger partial charge in [-0.05, 0) is 18.1 Å². The highest BCUT2D eigenvalue weighted by atomic mass is 35.5. The van der Waals surface area contributed by atoms with Crippen LogP contribution in [-0.4, -0.2) is 10.4 Å². The molecule has 68 valence electrons. The van der Waals surface area contributed by atoms with Crippen LogP contribution < -0.4 is 4.74 Å². The summed E-state index contributed by atoms with van der Waals surface area (Å²) in [4.78, 5) is 0. The van der Waals surface area contributed by atoms with E-state index in [0.29, 0.717) is 0 Å². The minimum atomic E-state index is -0.654. The van der Waals surface area contributed by atoms with E-state index in [9.17, 15) is 0 Å². The van der Waals surface area contributed by atoms with Crippen LogP contribution in [0.3, 0.4) is 0 Å². The largest absolute Gasteiger partial charge is 0.487 e. The van der Waals surface area contributed by atoms with Gasteiger partial charge in [0.25, 0.3) is 0 Å². The highest BCUT2D eigenvalue weighted by Gasteiger charge is 2.67. The van der Waals surface area contributed by atoms with E-state index in [2.05, 4.69) is 6.07 Å². The summed E-state index contributed by atoms with van der Waals surface area (Å²) >= 11 is 12.1. The lowest BCUT2D eigenvalue weighted by atomic mass is 10.1. The molecule has 2 atom stereocenters. The number of para-hydroxylation sites is 1. The first-order valence-corrected chi connectivity index (χ1v) is 5.07. The Hall–Kier alpha value is -0.400. The van der Waals surface area contributed by atoms with Crippen LogP contribution in [0, 0.1) is 5.92 Å². The molecule has 3 heteroatoms. The summed E-state index contributed by atoms with van der Waals surface area (Å²) in [7, 11) is 0. The average molecular weight is 215 g/mol. The molecule has 1 aromatic rings. The molecule has 0 spiro atoms. The van der Waals surface area contributed by atoms with E-state index in [4.69, 9.17) is 27.9 Å². The first-order chi connectivity index (χ1) is 6.19. The van der Waals surface area contributed by atoms with Crippen molar-refractivity contribution in [3.05, 3.63) is 29.8 Å². The van der Waals surface area contributed by atoms with Gasteiger partial charge in [0, 0.05) is 5.92 Å². The molecule has 0 saturated heterocycles. The summed E-state index contributed by atoms with van der Waals surface area (Å²) in [5, 5.41) is 0. The summed E-state index contributed by atoms with van der Waals surface area (Å²) in [6.45, 7) is 0. The molecular formula is C10H8Cl2O. The van der Waals surface area contributed by atoms with Crippen molar-refractivity contribution in [1.82, 2.24) is 0 Å². The maximum atomic E-state index is 6.04. The number of hydrogen-bond acceptors (Lipinski definition) is 1. The highest BCUT2D eigenvalue weighted by Crippen LogP contribution is 2.59. The molecule has 2 unspecified atom stereocenters. The van der Waals surface area contributed by atoms with Gasteiger partial charge in [-0.3, -0.25) is 0 Å². The molecule has 1 heterocycles. The van der Waals surface area contributed by atoms with Gasteiger partial charge in [0.15, 0.2) is 4.33 Å². The van der Waals surface area contributed by atoms with Crippen LogP contribution >= 0.6 is 23.2 Å².